The summed E-state index contributed by atoms with van der Waals surface area (Å²) in [5.41, 5.74) is -0.259. The minimum Gasteiger partial charge on any atom is -0.473 e. The molecule has 3 nitrogen and oxygen atoms in total. The molecule has 0 atom stereocenters. The van der Waals surface area contributed by atoms with Crippen LogP contribution < -0.4 is 10.3 Å². The summed E-state index contributed by atoms with van der Waals surface area (Å²) in [7, 11) is 1.48. The van der Waals surface area contributed by atoms with Crippen LogP contribution >= 0.6 is 11.3 Å². The Kier molecular flexibility index (Phi) is 1.79. The van der Waals surface area contributed by atoms with Gasteiger partial charge in [0.2, 0.25) is 0 Å². The molecule has 1 aromatic heterocycles. The molecule has 0 N–H and O–H groups in total. The fourth-order valence-electron chi connectivity index (χ4n) is 0.398. The largest absolute Gasteiger partial charge is 0.473 e. The molecule has 0 aliphatic heterocycles. The normalized spacial score (nSPS) is 9.00. The number of rotatable bonds is 1. The highest BCUT2D eigenvalue weighted by Gasteiger charge is 1.89. The van der Waals surface area contributed by atoms with Crippen molar-refractivity contribution < 1.29 is 4.74 Å². The summed E-state index contributed by atoms with van der Waals surface area (Å²) >= 11 is 1.29. The summed E-state index contributed by atoms with van der Waals surface area (Å²) in [6.45, 7) is 0. The van der Waals surface area contributed by atoms with E-state index in [2.05, 4.69) is 4.98 Å². The summed E-state index contributed by atoms with van der Waals surface area (Å²) in [5.74, 6) is 0. The molecule has 0 amide bonds. The van der Waals surface area contributed by atoms with Gasteiger partial charge in [-0.3, -0.25) is 4.79 Å². The Bertz CT molecular complexity index is 245. The molecule has 48 valence electrons. The van der Waals surface area contributed by atoms with Crippen molar-refractivity contribution in [2.75, 3.05) is 7.11 Å². The highest BCUT2D eigenvalue weighted by Crippen LogP contribution is 2.07. The van der Waals surface area contributed by atoms with Crippen LogP contribution in [0.5, 0.6) is 5.19 Å². The lowest BCUT2D eigenvalue weighted by Crippen LogP contribution is -2.02. The fraction of sp³-hybridized carbons (Fsp3) is 0.200. The highest BCUT2D eigenvalue weighted by atomic mass is 32.1. The van der Waals surface area contributed by atoms with Crippen molar-refractivity contribution in [3.05, 3.63) is 21.8 Å². The van der Waals surface area contributed by atoms with Gasteiger partial charge in [0.05, 0.1) is 7.11 Å². The summed E-state index contributed by atoms with van der Waals surface area (Å²) in [5, 5.41) is 2.05. The minimum atomic E-state index is -0.259. The number of hydrogen-bond acceptors (Lipinski definition) is 4. The van der Waals surface area contributed by atoms with Gasteiger partial charge in [-0.25, -0.2) is 0 Å². The Balaban J connectivity index is 3.08. The predicted octanol–water partition coefficient (Wildman–Crippen LogP) is 0.512. The molecule has 1 aromatic rings. The van der Waals surface area contributed by atoms with Gasteiger partial charge in [0, 0.05) is 11.4 Å². The van der Waals surface area contributed by atoms with E-state index in [-0.39, 0.29) is 5.56 Å². The van der Waals surface area contributed by atoms with Gasteiger partial charge in [0.15, 0.2) is 0 Å². The number of methoxy groups -OCH3 is 1. The first-order chi connectivity index (χ1) is 4.33. The molecule has 0 aliphatic carbocycles. The quantitative estimate of drug-likeness (QED) is 0.575. The van der Waals surface area contributed by atoms with Crippen LogP contribution in [0.4, 0.5) is 0 Å². The molecule has 0 aliphatic rings. The average Bonchev–Trinajstić information content (AvgIpc) is 1.88. The second kappa shape index (κ2) is 2.59. The van der Waals surface area contributed by atoms with Crippen molar-refractivity contribution in [2.24, 2.45) is 0 Å². The van der Waals surface area contributed by atoms with Crippen LogP contribution in [0.1, 0.15) is 0 Å². The molecule has 0 spiro atoms. The van der Waals surface area contributed by atoms with E-state index in [1.807, 2.05) is 0 Å². The van der Waals surface area contributed by atoms with Gasteiger partial charge >= 0.3 is 0 Å². The molecule has 0 bridgehead atoms. The maximum atomic E-state index is 10.5. The zero-order valence-electron chi connectivity index (χ0n) is 4.83. The smallest absolute Gasteiger partial charge is 0.276 e. The SMILES string of the molecule is COc1nc(=O)ccs1. The number of aromatic nitrogens is 1. The first-order valence-corrected chi connectivity index (χ1v) is 3.21. The number of hydrogen-bond donors (Lipinski definition) is 0. The molecule has 1 heterocycles. The fourth-order valence-corrected chi connectivity index (χ4v) is 0.938. The van der Waals surface area contributed by atoms with Crippen LogP contribution in [0, 0.1) is 0 Å². The molecule has 0 saturated carbocycles. The van der Waals surface area contributed by atoms with E-state index >= 15 is 0 Å². The number of ether oxygens (including phenoxy) is 1. The van der Waals surface area contributed by atoms with Gasteiger partial charge in [-0.15, -0.1) is 0 Å². The number of nitrogens with zero attached hydrogens (tertiary/aromatic N) is 1. The van der Waals surface area contributed by atoms with E-state index in [4.69, 9.17) is 4.74 Å². The van der Waals surface area contributed by atoms with Gasteiger partial charge in [-0.05, 0) is 0 Å². The maximum Gasteiger partial charge on any atom is 0.276 e. The molecular formula is C5H5NO2S. The van der Waals surface area contributed by atoms with Gasteiger partial charge < -0.3 is 4.74 Å². The summed E-state index contributed by atoms with van der Waals surface area (Å²) in [6.07, 6.45) is 0. The Morgan fingerprint density at radius 2 is 2.56 bits per heavy atom. The average molecular weight is 143 g/mol. The van der Waals surface area contributed by atoms with Gasteiger partial charge in [-0.1, -0.05) is 11.3 Å². The van der Waals surface area contributed by atoms with Gasteiger partial charge in [0.25, 0.3) is 10.8 Å². The molecule has 0 radical (unpaired) electrons. The van der Waals surface area contributed by atoms with E-state index in [0.717, 1.165) is 0 Å². The van der Waals surface area contributed by atoms with Crippen molar-refractivity contribution >= 4 is 11.3 Å². The molecule has 4 heteroatoms. The summed E-state index contributed by atoms with van der Waals surface area (Å²) in [4.78, 5) is 14.0. The van der Waals surface area contributed by atoms with Crippen LogP contribution in [-0.2, 0) is 0 Å². The zero-order valence-corrected chi connectivity index (χ0v) is 5.64. The zero-order chi connectivity index (χ0) is 6.69. The van der Waals surface area contributed by atoms with E-state index in [1.165, 1.54) is 24.5 Å². The second-order valence-electron chi connectivity index (χ2n) is 1.34. The topological polar surface area (TPSA) is 39.2 Å². The lowest BCUT2D eigenvalue weighted by atomic mass is 10.7. The summed E-state index contributed by atoms with van der Waals surface area (Å²) in [6, 6.07) is 1.40. The molecule has 0 saturated heterocycles. The van der Waals surface area contributed by atoms with Crippen LogP contribution in [0.3, 0.4) is 0 Å². The Labute approximate surface area is 55.9 Å². The van der Waals surface area contributed by atoms with Crippen molar-refractivity contribution in [1.29, 1.82) is 0 Å². The second-order valence-corrected chi connectivity index (χ2v) is 2.20. The predicted molar refractivity (Wildman–Crippen MR) is 34.9 cm³/mol. The molecule has 0 fully saturated rings. The third-order valence-electron chi connectivity index (χ3n) is 0.756. The molecular weight excluding hydrogens is 138 g/mol. The lowest BCUT2D eigenvalue weighted by Gasteiger charge is -1.90. The highest BCUT2D eigenvalue weighted by molar-refractivity contribution is 7.11. The maximum absolute atomic E-state index is 10.5. The Morgan fingerprint density at radius 1 is 1.78 bits per heavy atom. The van der Waals surface area contributed by atoms with Crippen LogP contribution in [0.25, 0.3) is 0 Å². The van der Waals surface area contributed by atoms with E-state index < -0.39 is 0 Å². The van der Waals surface area contributed by atoms with Crippen molar-refractivity contribution in [3.63, 3.8) is 0 Å². The first kappa shape index (κ1) is 6.22. The monoisotopic (exact) mass is 143 g/mol. The molecule has 1 rings (SSSR count). The standard InChI is InChI=1S/C5H5NO2S/c1-8-5-6-4(7)2-3-9-5/h2-3H,1H3. The third-order valence-corrected chi connectivity index (χ3v) is 1.49. The van der Waals surface area contributed by atoms with Gasteiger partial charge in [-0.2, -0.15) is 4.98 Å². The molecule has 0 unspecified atom stereocenters. The minimum absolute atomic E-state index is 0.259. The third kappa shape index (κ3) is 1.50. The summed E-state index contributed by atoms with van der Waals surface area (Å²) < 4.78 is 4.70. The molecule has 9 heavy (non-hydrogen) atoms. The van der Waals surface area contributed by atoms with Crippen molar-refractivity contribution in [1.82, 2.24) is 4.98 Å². The first-order valence-electron chi connectivity index (χ1n) is 2.33. The van der Waals surface area contributed by atoms with Crippen molar-refractivity contribution in [3.8, 4) is 5.19 Å². The van der Waals surface area contributed by atoms with Crippen molar-refractivity contribution in [2.45, 2.75) is 0 Å². The Morgan fingerprint density at radius 3 is 3.00 bits per heavy atom. The van der Waals surface area contributed by atoms with Gasteiger partial charge in [0.1, 0.15) is 0 Å². The lowest BCUT2D eigenvalue weighted by molar-refractivity contribution is 0.409. The van der Waals surface area contributed by atoms with E-state index in [1.54, 1.807) is 5.38 Å². The van der Waals surface area contributed by atoms with Crippen LogP contribution in [-0.4, -0.2) is 12.1 Å². The van der Waals surface area contributed by atoms with E-state index in [0.29, 0.717) is 5.19 Å². The van der Waals surface area contributed by atoms with Crippen LogP contribution in [0.2, 0.25) is 0 Å². The Hall–Kier alpha value is -0.900. The molecule has 0 aromatic carbocycles. The van der Waals surface area contributed by atoms with E-state index in [9.17, 15) is 4.79 Å². The van der Waals surface area contributed by atoms with Crippen LogP contribution in [0.15, 0.2) is 16.2 Å².